The van der Waals surface area contributed by atoms with Crippen LogP contribution in [0.5, 0.6) is 0 Å². The normalized spacial score (nSPS) is 10.1. The van der Waals surface area contributed by atoms with Crippen molar-refractivity contribution >= 4 is 17.1 Å². The molecule has 0 aliphatic heterocycles. The van der Waals surface area contributed by atoms with Crippen LogP contribution in [0.15, 0.2) is 18.2 Å². The average molecular weight is 253 g/mol. The Balaban J connectivity index is 2.80. The van der Waals surface area contributed by atoms with E-state index in [-0.39, 0.29) is 5.69 Å². The Hall–Kier alpha value is -1.82. The van der Waals surface area contributed by atoms with E-state index in [9.17, 15) is 10.1 Å². The maximum atomic E-state index is 10.8. The summed E-state index contributed by atoms with van der Waals surface area (Å²) in [6, 6.07) is 4.92. The lowest BCUT2D eigenvalue weighted by molar-refractivity contribution is -0.384. The molecule has 6 heteroatoms. The van der Waals surface area contributed by atoms with Crippen molar-refractivity contribution < 1.29 is 9.66 Å². The molecular formula is C12H19N3O3. The van der Waals surface area contributed by atoms with Crippen molar-refractivity contribution in [2.24, 2.45) is 0 Å². The van der Waals surface area contributed by atoms with Gasteiger partial charge in [-0.1, -0.05) is 6.92 Å². The maximum absolute atomic E-state index is 10.8. The number of non-ortho nitro benzene ring substituents is 1. The molecule has 2 N–H and O–H groups in total. The third kappa shape index (κ3) is 4.58. The molecule has 0 amide bonds. The smallest absolute Gasteiger partial charge is 0.273 e. The summed E-state index contributed by atoms with van der Waals surface area (Å²) in [6.07, 6.45) is 0.967. The number of nitrogens with one attached hydrogen (secondary N) is 2. The van der Waals surface area contributed by atoms with Crippen LogP contribution in [0.4, 0.5) is 17.1 Å². The van der Waals surface area contributed by atoms with Crippen LogP contribution in [-0.4, -0.2) is 31.7 Å². The van der Waals surface area contributed by atoms with E-state index in [1.165, 1.54) is 12.1 Å². The number of nitro benzene ring substituents is 1. The number of nitro groups is 1. The minimum atomic E-state index is -0.390. The second-order valence-corrected chi connectivity index (χ2v) is 3.87. The fourth-order valence-corrected chi connectivity index (χ4v) is 1.49. The van der Waals surface area contributed by atoms with E-state index in [2.05, 4.69) is 10.6 Å². The minimum Gasteiger partial charge on any atom is -0.385 e. The number of hydrogen-bond acceptors (Lipinski definition) is 5. The number of benzene rings is 1. The highest BCUT2D eigenvalue weighted by atomic mass is 16.6. The Morgan fingerprint density at radius 1 is 1.22 bits per heavy atom. The van der Waals surface area contributed by atoms with Crippen LogP contribution >= 0.6 is 0 Å². The molecule has 0 saturated carbocycles. The molecule has 0 heterocycles. The molecule has 0 saturated heterocycles. The molecule has 0 aliphatic carbocycles. The summed E-state index contributed by atoms with van der Waals surface area (Å²) >= 11 is 0. The quantitative estimate of drug-likeness (QED) is 0.423. The van der Waals surface area contributed by atoms with E-state index in [1.807, 2.05) is 13.0 Å². The van der Waals surface area contributed by atoms with E-state index in [0.717, 1.165) is 24.3 Å². The first-order valence-electron chi connectivity index (χ1n) is 5.93. The highest BCUT2D eigenvalue weighted by molar-refractivity contribution is 5.63. The second-order valence-electron chi connectivity index (χ2n) is 3.87. The minimum absolute atomic E-state index is 0.0796. The zero-order valence-corrected chi connectivity index (χ0v) is 10.7. The standard InChI is InChI=1S/C12H19N3O3/c1-3-4-13-10-7-11(14-5-6-18-2)9-12(8-10)15(16)17/h7-9,13-14H,3-6H2,1-2H3. The van der Waals surface area contributed by atoms with Crippen molar-refractivity contribution in [2.45, 2.75) is 13.3 Å². The van der Waals surface area contributed by atoms with Crippen LogP contribution in [-0.2, 0) is 4.74 Å². The van der Waals surface area contributed by atoms with Crippen molar-refractivity contribution in [3.05, 3.63) is 28.3 Å². The van der Waals surface area contributed by atoms with Gasteiger partial charge in [-0.05, 0) is 12.5 Å². The molecule has 0 spiro atoms. The summed E-state index contributed by atoms with van der Waals surface area (Å²) in [6.45, 7) is 4.01. The van der Waals surface area contributed by atoms with Crippen molar-refractivity contribution in [3.8, 4) is 0 Å². The molecule has 6 nitrogen and oxygen atoms in total. The number of anilines is 2. The van der Waals surface area contributed by atoms with Gasteiger partial charge in [0.25, 0.3) is 5.69 Å². The van der Waals surface area contributed by atoms with Gasteiger partial charge in [-0.25, -0.2) is 0 Å². The largest absolute Gasteiger partial charge is 0.385 e. The molecule has 0 fully saturated rings. The summed E-state index contributed by atoms with van der Waals surface area (Å²) < 4.78 is 4.92. The predicted octanol–water partition coefficient (Wildman–Crippen LogP) is 2.48. The van der Waals surface area contributed by atoms with Crippen molar-refractivity contribution in [1.29, 1.82) is 0 Å². The SMILES string of the molecule is CCCNc1cc(NCCOC)cc([N+](=O)[O-])c1. The molecule has 0 bridgehead atoms. The molecule has 100 valence electrons. The summed E-state index contributed by atoms with van der Waals surface area (Å²) in [7, 11) is 1.61. The molecule has 0 aromatic heterocycles. The first-order chi connectivity index (χ1) is 8.67. The topological polar surface area (TPSA) is 76.4 Å². The zero-order chi connectivity index (χ0) is 13.4. The fourth-order valence-electron chi connectivity index (χ4n) is 1.49. The first kappa shape index (κ1) is 14.2. The van der Waals surface area contributed by atoms with Crippen molar-refractivity contribution in [3.63, 3.8) is 0 Å². The molecule has 0 aliphatic rings. The van der Waals surface area contributed by atoms with Gasteiger partial charge in [0, 0.05) is 43.7 Å². The molecule has 1 aromatic rings. The van der Waals surface area contributed by atoms with Crippen LogP contribution in [0.25, 0.3) is 0 Å². The third-order valence-electron chi connectivity index (χ3n) is 2.34. The monoisotopic (exact) mass is 253 g/mol. The second kappa shape index (κ2) is 7.50. The van der Waals surface area contributed by atoms with Crippen LogP contribution in [0.2, 0.25) is 0 Å². The Morgan fingerprint density at radius 3 is 2.33 bits per heavy atom. The molecule has 1 aromatic carbocycles. The highest BCUT2D eigenvalue weighted by Crippen LogP contribution is 2.24. The van der Waals surface area contributed by atoms with E-state index in [0.29, 0.717) is 13.2 Å². The zero-order valence-electron chi connectivity index (χ0n) is 10.7. The molecule has 0 atom stereocenters. The number of ether oxygens (including phenoxy) is 1. The van der Waals surface area contributed by atoms with Gasteiger partial charge in [-0.15, -0.1) is 0 Å². The molecule has 18 heavy (non-hydrogen) atoms. The van der Waals surface area contributed by atoms with Crippen LogP contribution in [0.3, 0.4) is 0 Å². The number of methoxy groups -OCH3 is 1. The lowest BCUT2D eigenvalue weighted by atomic mass is 10.2. The Labute approximate surface area is 106 Å². The third-order valence-corrected chi connectivity index (χ3v) is 2.34. The van der Waals surface area contributed by atoms with Gasteiger partial charge in [0.05, 0.1) is 11.5 Å². The molecule has 0 unspecified atom stereocenters. The molecular weight excluding hydrogens is 234 g/mol. The molecule has 0 radical (unpaired) electrons. The Morgan fingerprint density at radius 2 is 1.83 bits per heavy atom. The van der Waals surface area contributed by atoms with Gasteiger partial charge in [0.2, 0.25) is 0 Å². The summed E-state index contributed by atoms with van der Waals surface area (Å²) in [5.74, 6) is 0. The van der Waals surface area contributed by atoms with Crippen LogP contribution < -0.4 is 10.6 Å². The van der Waals surface area contributed by atoms with Gasteiger partial charge >= 0.3 is 0 Å². The highest BCUT2D eigenvalue weighted by Gasteiger charge is 2.09. The van der Waals surface area contributed by atoms with E-state index in [4.69, 9.17) is 4.74 Å². The maximum Gasteiger partial charge on any atom is 0.273 e. The first-order valence-corrected chi connectivity index (χ1v) is 5.93. The number of hydrogen-bond donors (Lipinski definition) is 2. The fraction of sp³-hybridized carbons (Fsp3) is 0.500. The summed E-state index contributed by atoms with van der Waals surface area (Å²) in [5.41, 5.74) is 1.56. The van der Waals surface area contributed by atoms with Crippen LogP contribution in [0.1, 0.15) is 13.3 Å². The number of rotatable bonds is 8. The van der Waals surface area contributed by atoms with E-state index in [1.54, 1.807) is 7.11 Å². The van der Waals surface area contributed by atoms with Gasteiger partial charge in [-0.3, -0.25) is 10.1 Å². The van der Waals surface area contributed by atoms with Gasteiger partial charge in [0.1, 0.15) is 0 Å². The summed E-state index contributed by atoms with van der Waals surface area (Å²) in [5, 5.41) is 17.1. The van der Waals surface area contributed by atoms with Crippen molar-refractivity contribution in [1.82, 2.24) is 0 Å². The van der Waals surface area contributed by atoms with Gasteiger partial charge in [-0.2, -0.15) is 0 Å². The Kier molecular flexibility index (Phi) is 5.93. The Bertz CT molecular complexity index is 396. The van der Waals surface area contributed by atoms with Crippen molar-refractivity contribution in [2.75, 3.05) is 37.4 Å². The predicted molar refractivity (Wildman–Crippen MR) is 72.2 cm³/mol. The number of nitrogens with zero attached hydrogens (tertiary/aromatic N) is 1. The summed E-state index contributed by atoms with van der Waals surface area (Å²) in [4.78, 5) is 10.4. The lowest BCUT2D eigenvalue weighted by Gasteiger charge is -2.09. The van der Waals surface area contributed by atoms with Crippen LogP contribution in [0, 0.1) is 10.1 Å². The van der Waals surface area contributed by atoms with Gasteiger partial charge in [0.15, 0.2) is 0 Å². The van der Waals surface area contributed by atoms with E-state index >= 15 is 0 Å². The average Bonchev–Trinajstić information content (AvgIpc) is 2.36. The lowest BCUT2D eigenvalue weighted by Crippen LogP contribution is -2.08. The van der Waals surface area contributed by atoms with E-state index < -0.39 is 4.92 Å². The molecule has 1 rings (SSSR count). The van der Waals surface area contributed by atoms with Gasteiger partial charge < -0.3 is 15.4 Å².